The summed E-state index contributed by atoms with van der Waals surface area (Å²) in [4.78, 5) is 25.2. The Morgan fingerprint density at radius 3 is 2.36 bits per heavy atom. The zero-order chi connectivity index (χ0) is 27.5. The van der Waals surface area contributed by atoms with Gasteiger partial charge in [0.2, 0.25) is 0 Å². The predicted octanol–water partition coefficient (Wildman–Crippen LogP) is 5.28. The van der Waals surface area contributed by atoms with Crippen molar-refractivity contribution in [2.75, 3.05) is 13.2 Å². The molecule has 0 bridgehead atoms. The molecule has 1 fully saturated rings. The van der Waals surface area contributed by atoms with Gasteiger partial charge in [-0.1, -0.05) is 49.5 Å². The summed E-state index contributed by atoms with van der Waals surface area (Å²) in [5.74, 6) is -1.66. The van der Waals surface area contributed by atoms with Crippen molar-refractivity contribution in [1.29, 1.82) is 0 Å². The van der Waals surface area contributed by atoms with Crippen molar-refractivity contribution in [2.45, 2.75) is 98.3 Å². The molecule has 202 valence electrons. The lowest BCUT2D eigenvalue weighted by atomic mass is 9.97. The van der Waals surface area contributed by atoms with Gasteiger partial charge < -0.3 is 24.1 Å². The number of aliphatic hydroxyl groups is 1. The Morgan fingerprint density at radius 1 is 1.14 bits per heavy atom. The van der Waals surface area contributed by atoms with Crippen LogP contribution in [0.3, 0.4) is 0 Å². The second-order valence-electron chi connectivity index (χ2n) is 12.3. The van der Waals surface area contributed by atoms with Gasteiger partial charge in [-0.05, 0) is 65.6 Å². The van der Waals surface area contributed by atoms with Gasteiger partial charge in [0.25, 0.3) is 0 Å². The number of benzene rings is 1. The van der Waals surface area contributed by atoms with Gasteiger partial charge in [-0.2, -0.15) is 0 Å². The van der Waals surface area contributed by atoms with Gasteiger partial charge in [0.1, 0.15) is 24.9 Å². The summed E-state index contributed by atoms with van der Waals surface area (Å²) in [5.41, 5.74) is 2.31. The van der Waals surface area contributed by atoms with Gasteiger partial charge in [-0.25, -0.2) is 4.79 Å². The number of hydrogen-bond acceptors (Lipinski definition) is 7. The molecule has 2 rings (SSSR count). The number of hydrogen-bond donors (Lipinski definition) is 1. The fraction of sp³-hybridized carbons (Fsp3) is 0.643. The lowest BCUT2D eigenvalue weighted by Crippen LogP contribution is -2.38. The highest BCUT2D eigenvalue weighted by Gasteiger charge is 2.45. The summed E-state index contributed by atoms with van der Waals surface area (Å²) in [7, 11) is -1.33. The molecule has 1 aliphatic heterocycles. The minimum atomic E-state index is -1.33. The van der Waals surface area contributed by atoms with Crippen molar-refractivity contribution < 1.29 is 33.6 Å². The standard InChI is InChI=1S/C28H44O7Si/c1-18-15-19(2)23(25(30)32-13-14-36(8,9)10)20(16-18)11-12-21(29)24-22(34-28(6,7)35-24)17-33-26(31)27(3,4)5/h11-12,15-16,21-22,24,29H,13-14,17H2,1-10H3/b12-11+. The van der Waals surface area contributed by atoms with Crippen molar-refractivity contribution in [3.05, 3.63) is 40.5 Å². The number of aliphatic hydroxyl groups excluding tert-OH is 1. The van der Waals surface area contributed by atoms with E-state index in [0.29, 0.717) is 17.7 Å². The molecular weight excluding hydrogens is 476 g/mol. The predicted molar refractivity (Wildman–Crippen MR) is 144 cm³/mol. The molecule has 1 aliphatic rings. The molecule has 1 N–H and O–H groups in total. The molecule has 0 spiro atoms. The molecule has 0 aromatic heterocycles. The quantitative estimate of drug-likeness (QED) is 0.350. The SMILES string of the molecule is Cc1cc(C)c(C(=O)OCC[Si](C)(C)C)c(/C=C/C(O)C2OC(C)(C)OC2COC(=O)C(C)(C)C)c1. The maximum atomic E-state index is 13.0. The van der Waals surface area contributed by atoms with Crippen LogP contribution in [0.2, 0.25) is 25.7 Å². The third kappa shape index (κ3) is 8.83. The van der Waals surface area contributed by atoms with Crippen LogP contribution >= 0.6 is 0 Å². The van der Waals surface area contributed by atoms with Gasteiger partial charge in [0.15, 0.2) is 5.79 Å². The maximum absolute atomic E-state index is 13.0. The van der Waals surface area contributed by atoms with E-state index in [1.807, 2.05) is 26.0 Å². The summed E-state index contributed by atoms with van der Waals surface area (Å²) in [5, 5.41) is 11.0. The average molecular weight is 521 g/mol. The second kappa shape index (κ2) is 11.6. The van der Waals surface area contributed by atoms with Crippen molar-refractivity contribution in [3.63, 3.8) is 0 Å². The molecule has 3 atom stereocenters. The number of rotatable bonds is 9. The molecule has 8 heteroatoms. The fourth-order valence-corrected chi connectivity index (χ4v) is 4.61. The van der Waals surface area contributed by atoms with Crippen LogP contribution in [0, 0.1) is 19.3 Å². The van der Waals surface area contributed by atoms with Crippen molar-refractivity contribution >= 4 is 26.1 Å². The monoisotopic (exact) mass is 520 g/mol. The topological polar surface area (TPSA) is 91.3 Å². The minimum absolute atomic E-state index is 0.0344. The molecule has 1 heterocycles. The van der Waals surface area contributed by atoms with Gasteiger partial charge in [0, 0.05) is 8.07 Å². The van der Waals surface area contributed by atoms with E-state index in [2.05, 4.69) is 19.6 Å². The first kappa shape index (κ1) is 30.2. The summed E-state index contributed by atoms with van der Waals surface area (Å²) < 4.78 is 22.9. The van der Waals surface area contributed by atoms with E-state index in [4.69, 9.17) is 18.9 Å². The highest BCUT2D eigenvalue weighted by molar-refractivity contribution is 6.76. The third-order valence-electron chi connectivity index (χ3n) is 5.82. The first-order valence-electron chi connectivity index (χ1n) is 12.6. The van der Waals surface area contributed by atoms with E-state index in [-0.39, 0.29) is 18.5 Å². The normalized spacial score (nSPS) is 21.0. The lowest BCUT2D eigenvalue weighted by Gasteiger charge is -2.22. The lowest BCUT2D eigenvalue weighted by molar-refractivity contribution is -0.166. The Hall–Kier alpha value is -2.00. The van der Waals surface area contributed by atoms with Crippen LogP contribution in [0.5, 0.6) is 0 Å². The number of ether oxygens (including phenoxy) is 4. The highest BCUT2D eigenvalue weighted by atomic mass is 28.3. The molecule has 0 amide bonds. The molecule has 0 radical (unpaired) electrons. The fourth-order valence-electron chi connectivity index (χ4n) is 3.90. The van der Waals surface area contributed by atoms with Crippen LogP contribution in [0.1, 0.15) is 61.7 Å². The van der Waals surface area contributed by atoms with Crippen molar-refractivity contribution in [1.82, 2.24) is 0 Å². The zero-order valence-electron chi connectivity index (χ0n) is 23.6. The molecule has 0 aliphatic carbocycles. The van der Waals surface area contributed by atoms with Crippen LogP contribution < -0.4 is 0 Å². The Morgan fingerprint density at radius 2 is 1.78 bits per heavy atom. The molecule has 0 saturated carbocycles. The molecule has 36 heavy (non-hydrogen) atoms. The molecule has 1 aromatic carbocycles. The average Bonchev–Trinajstić information content (AvgIpc) is 3.02. The van der Waals surface area contributed by atoms with E-state index < -0.39 is 37.6 Å². The van der Waals surface area contributed by atoms with E-state index in [9.17, 15) is 14.7 Å². The number of esters is 2. The van der Waals surface area contributed by atoms with Crippen LogP contribution in [0.15, 0.2) is 18.2 Å². The minimum Gasteiger partial charge on any atom is -0.462 e. The van der Waals surface area contributed by atoms with Gasteiger partial charge in [0.05, 0.1) is 17.6 Å². The Balaban J connectivity index is 2.21. The smallest absolute Gasteiger partial charge is 0.338 e. The van der Waals surface area contributed by atoms with E-state index >= 15 is 0 Å². The Bertz CT molecular complexity index is 969. The number of carbonyl (C=O) groups is 2. The van der Waals surface area contributed by atoms with E-state index in [1.165, 1.54) is 0 Å². The van der Waals surface area contributed by atoms with E-state index in [1.54, 1.807) is 46.8 Å². The first-order valence-corrected chi connectivity index (χ1v) is 16.3. The second-order valence-corrected chi connectivity index (χ2v) is 18.0. The van der Waals surface area contributed by atoms with Gasteiger partial charge in [-0.15, -0.1) is 0 Å². The summed E-state index contributed by atoms with van der Waals surface area (Å²) >= 11 is 0. The molecule has 7 nitrogen and oxygen atoms in total. The van der Waals surface area contributed by atoms with Crippen LogP contribution in [0.25, 0.3) is 6.08 Å². The Labute approximate surface area is 217 Å². The van der Waals surface area contributed by atoms with Crippen LogP contribution in [-0.2, 0) is 23.7 Å². The number of carbonyl (C=O) groups excluding carboxylic acids is 2. The molecular formula is C28H44O7Si. The molecule has 1 saturated heterocycles. The van der Waals surface area contributed by atoms with Crippen LogP contribution in [0.4, 0.5) is 0 Å². The van der Waals surface area contributed by atoms with E-state index in [0.717, 1.165) is 17.2 Å². The molecule has 1 aromatic rings. The largest absolute Gasteiger partial charge is 0.462 e. The summed E-state index contributed by atoms with van der Waals surface area (Å²) in [6.07, 6.45) is 0.855. The van der Waals surface area contributed by atoms with Gasteiger partial charge in [-0.3, -0.25) is 4.79 Å². The highest BCUT2D eigenvalue weighted by Crippen LogP contribution is 2.31. The summed E-state index contributed by atoms with van der Waals surface area (Å²) in [6, 6.07) is 4.73. The Kier molecular flexibility index (Phi) is 9.73. The van der Waals surface area contributed by atoms with Crippen LogP contribution in [-0.4, -0.2) is 62.4 Å². The molecule has 3 unspecified atom stereocenters. The van der Waals surface area contributed by atoms with Crippen molar-refractivity contribution in [2.24, 2.45) is 5.41 Å². The first-order chi connectivity index (χ1) is 16.4. The number of aryl methyl sites for hydroxylation is 2. The maximum Gasteiger partial charge on any atom is 0.338 e. The van der Waals surface area contributed by atoms with Crippen molar-refractivity contribution in [3.8, 4) is 0 Å². The zero-order valence-corrected chi connectivity index (χ0v) is 24.6. The third-order valence-corrected chi connectivity index (χ3v) is 7.53. The summed E-state index contributed by atoms with van der Waals surface area (Å²) in [6.45, 7) is 19.7. The van der Waals surface area contributed by atoms with Gasteiger partial charge >= 0.3 is 11.9 Å².